The summed E-state index contributed by atoms with van der Waals surface area (Å²) in [6.07, 6.45) is 5.09. The Balaban J connectivity index is 1.71. The standard InChI is InChI=1S/C17H17N3O2S2/c21-24(22,12-8-15-5-2-1-3-6-15)19-13-17(16-7-11-23-14-16)20-10-4-9-18-20/h1-12,14,17,19H,13H2/b12-8+. The largest absolute Gasteiger partial charge is 0.264 e. The van der Waals surface area contributed by atoms with Gasteiger partial charge in [0.25, 0.3) is 0 Å². The lowest BCUT2D eigenvalue weighted by Crippen LogP contribution is -2.30. The van der Waals surface area contributed by atoms with Crippen molar-refractivity contribution in [2.24, 2.45) is 0 Å². The number of hydrogen-bond acceptors (Lipinski definition) is 4. The quantitative estimate of drug-likeness (QED) is 0.705. The first-order chi connectivity index (χ1) is 11.6. The van der Waals surface area contributed by atoms with E-state index in [9.17, 15) is 8.42 Å². The van der Waals surface area contributed by atoms with Gasteiger partial charge in [0, 0.05) is 24.3 Å². The van der Waals surface area contributed by atoms with Gasteiger partial charge in [-0.1, -0.05) is 30.3 Å². The molecule has 0 saturated heterocycles. The highest BCUT2D eigenvalue weighted by atomic mass is 32.2. The molecule has 3 rings (SSSR count). The number of aromatic nitrogens is 2. The zero-order valence-corrected chi connectivity index (χ0v) is 14.5. The third-order valence-electron chi connectivity index (χ3n) is 3.49. The van der Waals surface area contributed by atoms with Gasteiger partial charge in [-0.3, -0.25) is 4.68 Å². The minimum atomic E-state index is -3.53. The van der Waals surface area contributed by atoms with Gasteiger partial charge in [-0.25, -0.2) is 13.1 Å². The van der Waals surface area contributed by atoms with Crippen LogP contribution in [0, 0.1) is 0 Å². The fraction of sp³-hybridized carbons (Fsp3) is 0.118. The SMILES string of the molecule is O=S(=O)(/C=C/c1ccccc1)NCC(c1ccsc1)n1cccn1. The predicted molar refractivity (Wildman–Crippen MR) is 97.1 cm³/mol. The van der Waals surface area contributed by atoms with Crippen LogP contribution in [0.3, 0.4) is 0 Å². The number of rotatable bonds is 7. The molecule has 0 radical (unpaired) electrons. The molecule has 0 fully saturated rings. The Kier molecular flexibility index (Phi) is 5.24. The zero-order chi connectivity index (χ0) is 16.8. The topological polar surface area (TPSA) is 64.0 Å². The summed E-state index contributed by atoms with van der Waals surface area (Å²) in [6, 6.07) is 12.9. The minimum Gasteiger partial charge on any atom is -0.264 e. The van der Waals surface area contributed by atoms with Crippen molar-refractivity contribution in [1.29, 1.82) is 0 Å². The maximum atomic E-state index is 12.2. The van der Waals surface area contributed by atoms with Crippen molar-refractivity contribution in [3.63, 3.8) is 0 Å². The highest BCUT2D eigenvalue weighted by Crippen LogP contribution is 2.20. The summed E-state index contributed by atoms with van der Waals surface area (Å²) < 4.78 is 28.8. The smallest absolute Gasteiger partial charge is 0.233 e. The first kappa shape index (κ1) is 16.6. The molecular weight excluding hydrogens is 342 g/mol. The molecule has 124 valence electrons. The number of nitrogens with one attached hydrogen (secondary N) is 1. The number of sulfonamides is 1. The Labute approximate surface area is 145 Å². The highest BCUT2D eigenvalue weighted by Gasteiger charge is 2.17. The fourth-order valence-electron chi connectivity index (χ4n) is 2.27. The number of hydrogen-bond donors (Lipinski definition) is 1. The van der Waals surface area contributed by atoms with Gasteiger partial charge in [-0.2, -0.15) is 16.4 Å². The number of benzene rings is 1. The van der Waals surface area contributed by atoms with E-state index in [0.717, 1.165) is 11.1 Å². The van der Waals surface area contributed by atoms with Gasteiger partial charge in [-0.15, -0.1) is 0 Å². The highest BCUT2D eigenvalue weighted by molar-refractivity contribution is 7.92. The van der Waals surface area contributed by atoms with Crippen LogP contribution in [0.2, 0.25) is 0 Å². The molecule has 0 saturated carbocycles. The van der Waals surface area contributed by atoms with Crippen molar-refractivity contribution < 1.29 is 8.42 Å². The molecule has 0 aliphatic carbocycles. The summed E-state index contributed by atoms with van der Waals surface area (Å²) >= 11 is 1.57. The van der Waals surface area contributed by atoms with E-state index in [4.69, 9.17) is 0 Å². The molecule has 3 aromatic rings. The molecule has 5 nitrogen and oxygen atoms in total. The van der Waals surface area contributed by atoms with Gasteiger partial charge in [0.2, 0.25) is 10.0 Å². The Morgan fingerprint density at radius 1 is 1.21 bits per heavy atom. The molecule has 24 heavy (non-hydrogen) atoms. The molecule has 0 spiro atoms. The van der Waals surface area contributed by atoms with Gasteiger partial charge >= 0.3 is 0 Å². The van der Waals surface area contributed by atoms with E-state index in [1.807, 2.05) is 59.4 Å². The van der Waals surface area contributed by atoms with Gasteiger partial charge in [0.1, 0.15) is 0 Å². The van der Waals surface area contributed by atoms with E-state index >= 15 is 0 Å². The van der Waals surface area contributed by atoms with E-state index in [0.29, 0.717) is 0 Å². The van der Waals surface area contributed by atoms with Crippen LogP contribution in [0.15, 0.2) is 71.0 Å². The zero-order valence-electron chi connectivity index (χ0n) is 12.8. The normalized spacial score (nSPS) is 13.3. The minimum absolute atomic E-state index is 0.175. The van der Waals surface area contributed by atoms with Crippen molar-refractivity contribution in [2.45, 2.75) is 6.04 Å². The molecule has 1 N–H and O–H groups in total. The first-order valence-corrected chi connectivity index (χ1v) is 9.87. The van der Waals surface area contributed by atoms with E-state index in [-0.39, 0.29) is 12.6 Å². The van der Waals surface area contributed by atoms with Gasteiger partial charge in [-0.05, 0) is 40.1 Å². The van der Waals surface area contributed by atoms with Gasteiger partial charge < -0.3 is 0 Å². The van der Waals surface area contributed by atoms with Crippen LogP contribution in [0.1, 0.15) is 17.2 Å². The lowest BCUT2D eigenvalue weighted by molar-refractivity contribution is 0.509. The maximum absolute atomic E-state index is 12.2. The van der Waals surface area contributed by atoms with E-state index in [2.05, 4.69) is 9.82 Å². The van der Waals surface area contributed by atoms with Crippen LogP contribution < -0.4 is 4.72 Å². The third kappa shape index (κ3) is 4.41. The average Bonchev–Trinajstić information content (AvgIpc) is 3.28. The van der Waals surface area contributed by atoms with Crippen molar-refractivity contribution in [3.05, 3.63) is 82.2 Å². The predicted octanol–water partition coefficient (Wildman–Crippen LogP) is 3.12. The molecule has 2 aromatic heterocycles. The van der Waals surface area contributed by atoms with Crippen molar-refractivity contribution in [2.75, 3.05) is 6.54 Å². The summed E-state index contributed by atoms with van der Waals surface area (Å²) in [5, 5.41) is 9.39. The monoisotopic (exact) mass is 359 g/mol. The van der Waals surface area contributed by atoms with Crippen molar-refractivity contribution in [3.8, 4) is 0 Å². The second-order valence-electron chi connectivity index (χ2n) is 5.17. The lowest BCUT2D eigenvalue weighted by atomic mass is 10.1. The van der Waals surface area contributed by atoms with Crippen LogP contribution in [-0.2, 0) is 10.0 Å². The molecule has 2 heterocycles. The van der Waals surface area contributed by atoms with Crippen molar-refractivity contribution in [1.82, 2.24) is 14.5 Å². The third-order valence-corrected chi connectivity index (χ3v) is 5.25. The van der Waals surface area contributed by atoms with Crippen LogP contribution in [0.25, 0.3) is 6.08 Å². The molecule has 1 unspecified atom stereocenters. The first-order valence-electron chi connectivity index (χ1n) is 7.38. The average molecular weight is 359 g/mol. The van der Waals surface area contributed by atoms with E-state index < -0.39 is 10.0 Å². The molecule has 1 atom stereocenters. The summed E-state index contributed by atoms with van der Waals surface area (Å²) in [5.41, 5.74) is 1.86. The maximum Gasteiger partial charge on any atom is 0.233 e. The van der Waals surface area contributed by atoms with Gasteiger partial charge in [0.15, 0.2) is 0 Å². The molecule has 0 aliphatic heterocycles. The summed E-state index contributed by atoms with van der Waals surface area (Å²) in [7, 11) is -3.53. The molecular formula is C17H17N3O2S2. The molecule has 0 bridgehead atoms. The van der Waals surface area contributed by atoms with Crippen LogP contribution in [0.4, 0.5) is 0 Å². The van der Waals surface area contributed by atoms with Gasteiger partial charge in [0.05, 0.1) is 6.04 Å². The Morgan fingerprint density at radius 2 is 2.04 bits per heavy atom. The van der Waals surface area contributed by atoms with Crippen LogP contribution in [0.5, 0.6) is 0 Å². The second kappa shape index (κ2) is 7.57. The van der Waals surface area contributed by atoms with Crippen molar-refractivity contribution >= 4 is 27.4 Å². The van der Waals surface area contributed by atoms with Crippen LogP contribution >= 0.6 is 11.3 Å². The lowest BCUT2D eigenvalue weighted by Gasteiger charge is -2.16. The Hall–Kier alpha value is -2.22. The van der Waals surface area contributed by atoms with E-state index in [1.165, 1.54) is 5.41 Å². The molecule has 7 heteroatoms. The Bertz CT molecular complexity index is 837. The number of thiophene rings is 1. The van der Waals surface area contributed by atoms with Crippen LogP contribution in [-0.4, -0.2) is 24.7 Å². The Morgan fingerprint density at radius 3 is 2.71 bits per heavy atom. The molecule has 0 aliphatic rings. The summed E-state index contributed by atoms with van der Waals surface area (Å²) in [6.45, 7) is 0.236. The summed E-state index contributed by atoms with van der Waals surface area (Å²) in [5.74, 6) is 0. The molecule has 0 amide bonds. The number of nitrogens with zero attached hydrogens (tertiary/aromatic N) is 2. The fourth-order valence-corrected chi connectivity index (χ4v) is 3.80. The summed E-state index contributed by atoms with van der Waals surface area (Å²) in [4.78, 5) is 0. The second-order valence-corrected chi connectivity index (χ2v) is 7.60. The molecule has 1 aromatic carbocycles. The van der Waals surface area contributed by atoms with E-state index in [1.54, 1.807) is 28.3 Å².